The third-order valence-electron chi connectivity index (χ3n) is 10.9. The molecule has 4 saturated carbocycles. The molecule has 6 heteroatoms. The Bertz CT molecular complexity index is 769. The van der Waals surface area contributed by atoms with Gasteiger partial charge >= 0.3 is 0 Å². The largest absolute Gasteiger partial charge is 0.371 e. The van der Waals surface area contributed by atoms with Gasteiger partial charge in [-0.1, -0.05) is 105 Å². The van der Waals surface area contributed by atoms with Crippen molar-refractivity contribution in [2.75, 3.05) is 19.8 Å². The summed E-state index contributed by atoms with van der Waals surface area (Å²) in [5, 5.41) is 0. The van der Waals surface area contributed by atoms with Crippen molar-refractivity contribution in [3.63, 3.8) is 0 Å². The van der Waals surface area contributed by atoms with Crippen LogP contribution in [-0.4, -0.2) is 71.7 Å². The molecule has 4 fully saturated rings. The van der Waals surface area contributed by atoms with E-state index in [9.17, 15) is 9.59 Å². The van der Waals surface area contributed by atoms with E-state index >= 15 is 0 Å². The van der Waals surface area contributed by atoms with Gasteiger partial charge in [-0.05, 0) is 57.3 Å². The second kappa shape index (κ2) is 16.8. The first-order chi connectivity index (χ1) is 20.3. The Hall–Kier alpha value is -1.14. The minimum absolute atomic E-state index is 0.121. The molecule has 0 radical (unpaired) electrons. The third kappa shape index (κ3) is 9.43. The lowest BCUT2D eigenvalue weighted by Crippen LogP contribution is -2.51. The van der Waals surface area contributed by atoms with E-state index in [2.05, 4.69) is 37.5 Å². The maximum absolute atomic E-state index is 13.8. The summed E-state index contributed by atoms with van der Waals surface area (Å²) in [6.45, 7) is 9.45. The first-order valence-electron chi connectivity index (χ1n) is 18.1. The average Bonchev–Trinajstić information content (AvgIpc) is 2.99. The molecule has 0 spiro atoms. The molecule has 42 heavy (non-hydrogen) atoms. The summed E-state index contributed by atoms with van der Waals surface area (Å²) in [5.74, 6) is 0.602. The van der Waals surface area contributed by atoms with E-state index in [4.69, 9.17) is 9.47 Å². The molecule has 0 saturated heterocycles. The smallest absolute Gasteiger partial charge is 0.249 e. The topological polar surface area (TPSA) is 59.1 Å². The Balaban J connectivity index is 1.33. The Labute approximate surface area is 258 Å². The van der Waals surface area contributed by atoms with E-state index in [0.29, 0.717) is 30.8 Å². The minimum atomic E-state index is -0.310. The van der Waals surface area contributed by atoms with Gasteiger partial charge in [0.15, 0.2) is 0 Å². The molecule has 4 aliphatic rings. The van der Waals surface area contributed by atoms with E-state index in [1.807, 2.05) is 0 Å². The second-order valence-corrected chi connectivity index (χ2v) is 15.2. The Morgan fingerprint density at radius 3 is 1.26 bits per heavy atom. The molecular weight excluding hydrogens is 524 g/mol. The molecule has 4 aliphatic carbocycles. The SMILES string of the molecule is CC(C)C(OCC(=O)N(C1CCCCC1)C1CCCCC1)C(C)(C)COCC(=O)N(C1CCCCC1)C1CCCCC1. The van der Waals surface area contributed by atoms with Crippen LogP contribution >= 0.6 is 0 Å². The van der Waals surface area contributed by atoms with Crippen LogP contribution in [0.15, 0.2) is 0 Å². The zero-order valence-corrected chi connectivity index (χ0v) is 27.8. The Kier molecular flexibility index (Phi) is 13.5. The van der Waals surface area contributed by atoms with Crippen molar-refractivity contribution in [2.45, 2.75) is 186 Å². The highest BCUT2D eigenvalue weighted by Gasteiger charge is 2.38. The molecule has 0 aliphatic heterocycles. The number of amides is 2. The maximum atomic E-state index is 13.8. The van der Waals surface area contributed by atoms with Crippen LogP contribution in [0.2, 0.25) is 0 Å². The lowest BCUT2D eigenvalue weighted by atomic mass is 9.81. The zero-order chi connectivity index (χ0) is 30.0. The van der Waals surface area contributed by atoms with E-state index in [-0.39, 0.29) is 42.5 Å². The van der Waals surface area contributed by atoms with Crippen molar-refractivity contribution in [3.8, 4) is 0 Å². The zero-order valence-electron chi connectivity index (χ0n) is 27.8. The molecule has 4 rings (SSSR count). The first-order valence-corrected chi connectivity index (χ1v) is 18.1. The van der Waals surface area contributed by atoms with Gasteiger partial charge < -0.3 is 19.3 Å². The highest BCUT2D eigenvalue weighted by molar-refractivity contribution is 5.78. The highest BCUT2D eigenvalue weighted by atomic mass is 16.5. The molecule has 0 heterocycles. The van der Waals surface area contributed by atoms with Gasteiger partial charge in [0.05, 0.1) is 12.7 Å². The van der Waals surface area contributed by atoms with Crippen molar-refractivity contribution in [3.05, 3.63) is 0 Å². The molecule has 0 aromatic rings. The molecule has 242 valence electrons. The fraction of sp³-hybridized carbons (Fsp3) is 0.944. The average molecular weight is 589 g/mol. The Morgan fingerprint density at radius 1 is 0.595 bits per heavy atom. The molecule has 1 atom stereocenters. The number of hydrogen-bond acceptors (Lipinski definition) is 4. The lowest BCUT2D eigenvalue weighted by molar-refractivity contribution is -0.154. The summed E-state index contributed by atoms with van der Waals surface area (Å²) < 4.78 is 12.8. The quantitative estimate of drug-likeness (QED) is 0.218. The van der Waals surface area contributed by atoms with Crippen LogP contribution in [0.5, 0.6) is 0 Å². The van der Waals surface area contributed by atoms with Gasteiger partial charge in [0.1, 0.15) is 13.2 Å². The predicted octanol–water partition coefficient (Wildman–Crippen LogP) is 8.06. The Morgan fingerprint density at radius 2 is 0.929 bits per heavy atom. The fourth-order valence-electron chi connectivity index (χ4n) is 8.96. The molecule has 6 nitrogen and oxygen atoms in total. The van der Waals surface area contributed by atoms with Crippen molar-refractivity contribution in [2.24, 2.45) is 11.3 Å². The van der Waals surface area contributed by atoms with Crippen LogP contribution < -0.4 is 0 Å². The molecule has 0 aromatic carbocycles. The standard InChI is InChI=1S/C36H64N2O4/c1-28(2)35(42-26-34(40)38(31-21-13-7-14-22-31)32-23-15-8-16-24-32)36(3,4)27-41-25-33(39)37(29-17-9-5-10-18-29)30-19-11-6-12-20-30/h28-32,35H,5-27H2,1-4H3. The summed E-state index contributed by atoms with van der Waals surface area (Å²) in [7, 11) is 0. The minimum Gasteiger partial charge on any atom is -0.371 e. The lowest BCUT2D eigenvalue weighted by Gasteiger charge is -2.43. The highest BCUT2D eigenvalue weighted by Crippen LogP contribution is 2.34. The van der Waals surface area contributed by atoms with Crippen LogP contribution in [0.1, 0.15) is 156 Å². The van der Waals surface area contributed by atoms with Gasteiger partial charge in [-0.2, -0.15) is 0 Å². The van der Waals surface area contributed by atoms with Crippen LogP contribution in [-0.2, 0) is 19.1 Å². The molecule has 2 amide bonds. The van der Waals surface area contributed by atoms with Crippen LogP contribution in [0.4, 0.5) is 0 Å². The summed E-state index contributed by atoms with van der Waals surface area (Å²) in [6, 6.07) is 1.54. The number of carbonyl (C=O) groups is 2. The summed E-state index contributed by atoms with van der Waals surface area (Å²) in [4.78, 5) is 32.0. The second-order valence-electron chi connectivity index (χ2n) is 15.2. The van der Waals surface area contributed by atoms with E-state index in [1.54, 1.807) is 0 Å². The number of hydrogen-bond donors (Lipinski definition) is 0. The normalized spacial score (nSPS) is 23.2. The van der Waals surface area contributed by atoms with Gasteiger partial charge in [0, 0.05) is 29.6 Å². The van der Waals surface area contributed by atoms with Gasteiger partial charge in [0.2, 0.25) is 11.8 Å². The predicted molar refractivity (Wildman–Crippen MR) is 170 cm³/mol. The van der Waals surface area contributed by atoms with Gasteiger partial charge in [-0.3, -0.25) is 9.59 Å². The third-order valence-corrected chi connectivity index (χ3v) is 10.9. The van der Waals surface area contributed by atoms with Crippen molar-refractivity contribution in [1.82, 2.24) is 9.80 Å². The van der Waals surface area contributed by atoms with E-state index in [0.717, 1.165) is 51.4 Å². The maximum Gasteiger partial charge on any atom is 0.249 e. The van der Waals surface area contributed by atoms with Gasteiger partial charge in [-0.15, -0.1) is 0 Å². The summed E-state index contributed by atoms with van der Waals surface area (Å²) in [6.07, 6.45) is 24.1. The fourth-order valence-corrected chi connectivity index (χ4v) is 8.96. The van der Waals surface area contributed by atoms with Crippen molar-refractivity contribution < 1.29 is 19.1 Å². The van der Waals surface area contributed by atoms with Gasteiger partial charge in [-0.25, -0.2) is 0 Å². The van der Waals surface area contributed by atoms with Gasteiger partial charge in [0.25, 0.3) is 0 Å². The van der Waals surface area contributed by atoms with Crippen LogP contribution in [0.3, 0.4) is 0 Å². The number of carbonyl (C=O) groups excluding carboxylic acids is 2. The van der Waals surface area contributed by atoms with Crippen molar-refractivity contribution in [1.29, 1.82) is 0 Å². The molecule has 0 N–H and O–H groups in total. The molecule has 0 bridgehead atoms. The molecule has 0 aromatic heterocycles. The molecule has 1 unspecified atom stereocenters. The first kappa shape index (κ1) is 33.7. The van der Waals surface area contributed by atoms with E-state index in [1.165, 1.54) is 77.0 Å². The van der Waals surface area contributed by atoms with Crippen molar-refractivity contribution >= 4 is 11.8 Å². The van der Waals surface area contributed by atoms with E-state index < -0.39 is 0 Å². The molecular formula is C36H64N2O4. The number of ether oxygens (including phenoxy) is 2. The van der Waals surface area contributed by atoms with Crippen LogP contribution in [0, 0.1) is 11.3 Å². The monoisotopic (exact) mass is 588 g/mol. The van der Waals surface area contributed by atoms with Crippen LogP contribution in [0.25, 0.3) is 0 Å². The summed E-state index contributed by atoms with van der Waals surface area (Å²) in [5.41, 5.74) is -0.310. The number of nitrogens with zero attached hydrogens (tertiary/aromatic N) is 2. The summed E-state index contributed by atoms with van der Waals surface area (Å²) >= 11 is 0. The number of rotatable bonds is 13.